The van der Waals surface area contributed by atoms with Crippen LogP contribution in [0.5, 0.6) is 0 Å². The molecular formula is C12H14N2O2. The van der Waals surface area contributed by atoms with Gasteiger partial charge in [-0.2, -0.15) is 0 Å². The fraction of sp³-hybridized carbons (Fsp3) is 0.167. The van der Waals surface area contributed by atoms with Gasteiger partial charge in [-0.15, -0.1) is 0 Å². The third-order valence-electron chi connectivity index (χ3n) is 2.04. The summed E-state index contributed by atoms with van der Waals surface area (Å²) in [5.41, 5.74) is 6.95. The lowest BCUT2D eigenvalue weighted by atomic mass is 10.1. The largest absolute Gasteiger partial charge is 0.368 e. The van der Waals surface area contributed by atoms with Gasteiger partial charge in [-0.3, -0.25) is 9.59 Å². The molecule has 0 bridgehead atoms. The van der Waals surface area contributed by atoms with Gasteiger partial charge in [0.2, 0.25) is 11.8 Å². The summed E-state index contributed by atoms with van der Waals surface area (Å²) in [4.78, 5) is 21.6. The standard InChI is InChI=1S/C12H14N2O2/c1-9-4-2-3-5-10(9)6-7-12(16)14-8-11(13)15/h2-7H,8H2,1H3,(H2,13,15)(H,14,16). The SMILES string of the molecule is Cc1ccccc1C=CC(=O)NCC(N)=O. The molecule has 0 atom stereocenters. The number of primary amides is 1. The van der Waals surface area contributed by atoms with Crippen molar-refractivity contribution in [3.8, 4) is 0 Å². The van der Waals surface area contributed by atoms with Crippen molar-refractivity contribution in [2.75, 3.05) is 6.54 Å². The Morgan fingerprint density at radius 3 is 2.69 bits per heavy atom. The number of carbonyl (C=O) groups is 2. The van der Waals surface area contributed by atoms with E-state index in [2.05, 4.69) is 5.32 Å². The van der Waals surface area contributed by atoms with Crippen molar-refractivity contribution < 1.29 is 9.59 Å². The van der Waals surface area contributed by atoms with Crippen LogP contribution >= 0.6 is 0 Å². The Morgan fingerprint density at radius 2 is 2.06 bits per heavy atom. The smallest absolute Gasteiger partial charge is 0.244 e. The van der Waals surface area contributed by atoms with E-state index >= 15 is 0 Å². The second kappa shape index (κ2) is 5.70. The maximum Gasteiger partial charge on any atom is 0.244 e. The number of rotatable bonds is 4. The summed E-state index contributed by atoms with van der Waals surface area (Å²) in [6, 6.07) is 7.70. The van der Waals surface area contributed by atoms with Crippen molar-refractivity contribution in [1.29, 1.82) is 0 Å². The molecule has 0 aliphatic heterocycles. The van der Waals surface area contributed by atoms with Crippen molar-refractivity contribution in [2.45, 2.75) is 6.92 Å². The van der Waals surface area contributed by atoms with Gasteiger partial charge in [0.25, 0.3) is 0 Å². The van der Waals surface area contributed by atoms with Crippen LogP contribution in [-0.2, 0) is 9.59 Å². The molecule has 0 saturated carbocycles. The van der Waals surface area contributed by atoms with Gasteiger partial charge < -0.3 is 11.1 Å². The molecule has 4 nitrogen and oxygen atoms in total. The highest BCUT2D eigenvalue weighted by molar-refractivity contribution is 5.94. The predicted octanol–water partition coefficient (Wildman–Crippen LogP) is 0.610. The second-order valence-corrected chi connectivity index (χ2v) is 3.37. The summed E-state index contributed by atoms with van der Waals surface area (Å²) >= 11 is 0. The molecular weight excluding hydrogens is 204 g/mol. The Bertz CT molecular complexity index is 425. The number of aryl methyl sites for hydroxylation is 1. The highest BCUT2D eigenvalue weighted by Gasteiger charge is 1.98. The second-order valence-electron chi connectivity index (χ2n) is 3.37. The third kappa shape index (κ3) is 3.96. The minimum absolute atomic E-state index is 0.142. The topological polar surface area (TPSA) is 72.2 Å². The number of amides is 2. The van der Waals surface area contributed by atoms with E-state index in [1.54, 1.807) is 6.08 Å². The van der Waals surface area contributed by atoms with E-state index in [1.807, 2.05) is 31.2 Å². The Hall–Kier alpha value is -2.10. The van der Waals surface area contributed by atoms with E-state index in [0.29, 0.717) is 0 Å². The van der Waals surface area contributed by atoms with Gasteiger partial charge in [-0.25, -0.2) is 0 Å². The first-order valence-electron chi connectivity index (χ1n) is 4.89. The molecule has 0 unspecified atom stereocenters. The van der Waals surface area contributed by atoms with Crippen LogP contribution < -0.4 is 11.1 Å². The molecule has 0 aliphatic rings. The predicted molar refractivity (Wildman–Crippen MR) is 62.4 cm³/mol. The monoisotopic (exact) mass is 218 g/mol. The number of carbonyl (C=O) groups excluding carboxylic acids is 2. The van der Waals surface area contributed by atoms with Gasteiger partial charge in [0.1, 0.15) is 0 Å². The fourth-order valence-corrected chi connectivity index (χ4v) is 1.17. The first-order chi connectivity index (χ1) is 7.59. The lowest BCUT2D eigenvalue weighted by Gasteiger charge is -1.99. The maximum absolute atomic E-state index is 11.2. The van der Waals surface area contributed by atoms with E-state index in [-0.39, 0.29) is 12.5 Å². The molecule has 4 heteroatoms. The Kier molecular flexibility index (Phi) is 4.27. The number of hydrogen-bond donors (Lipinski definition) is 2. The molecule has 0 radical (unpaired) electrons. The van der Waals surface area contributed by atoms with Crippen molar-refractivity contribution in [1.82, 2.24) is 5.32 Å². The molecule has 84 valence electrons. The minimum Gasteiger partial charge on any atom is -0.368 e. The summed E-state index contributed by atoms with van der Waals surface area (Å²) in [6.45, 7) is 1.82. The van der Waals surface area contributed by atoms with E-state index < -0.39 is 5.91 Å². The van der Waals surface area contributed by atoms with Crippen molar-refractivity contribution in [3.05, 3.63) is 41.5 Å². The fourth-order valence-electron chi connectivity index (χ4n) is 1.17. The Balaban J connectivity index is 2.57. The van der Waals surface area contributed by atoms with Gasteiger partial charge in [-0.1, -0.05) is 24.3 Å². The molecule has 1 rings (SSSR count). The van der Waals surface area contributed by atoms with Crippen LogP contribution in [0.3, 0.4) is 0 Å². The minimum atomic E-state index is -0.558. The van der Waals surface area contributed by atoms with Crippen LogP contribution in [0.2, 0.25) is 0 Å². The van der Waals surface area contributed by atoms with Crippen LogP contribution in [0.4, 0.5) is 0 Å². The number of nitrogens with one attached hydrogen (secondary N) is 1. The van der Waals surface area contributed by atoms with E-state index in [4.69, 9.17) is 5.73 Å². The molecule has 0 heterocycles. The highest BCUT2D eigenvalue weighted by atomic mass is 16.2. The van der Waals surface area contributed by atoms with Crippen LogP contribution in [0.1, 0.15) is 11.1 Å². The zero-order chi connectivity index (χ0) is 12.0. The summed E-state index contributed by atoms with van der Waals surface area (Å²) in [5, 5.41) is 2.37. The molecule has 0 spiro atoms. The van der Waals surface area contributed by atoms with Gasteiger partial charge in [0, 0.05) is 6.08 Å². The summed E-state index contributed by atoms with van der Waals surface area (Å²) < 4.78 is 0. The van der Waals surface area contributed by atoms with Gasteiger partial charge in [0.15, 0.2) is 0 Å². The van der Waals surface area contributed by atoms with Crippen LogP contribution in [0, 0.1) is 6.92 Å². The first kappa shape index (κ1) is 12.0. The average Bonchev–Trinajstić information content (AvgIpc) is 2.25. The molecule has 0 aliphatic carbocycles. The van der Waals surface area contributed by atoms with Crippen LogP contribution in [0.25, 0.3) is 6.08 Å². The van der Waals surface area contributed by atoms with Crippen molar-refractivity contribution in [2.24, 2.45) is 5.73 Å². The van der Waals surface area contributed by atoms with Gasteiger partial charge >= 0.3 is 0 Å². The molecule has 1 aromatic carbocycles. The van der Waals surface area contributed by atoms with Crippen molar-refractivity contribution in [3.63, 3.8) is 0 Å². The molecule has 0 fully saturated rings. The average molecular weight is 218 g/mol. The Labute approximate surface area is 94.1 Å². The van der Waals surface area contributed by atoms with Gasteiger partial charge in [-0.05, 0) is 24.1 Å². The van der Waals surface area contributed by atoms with Crippen LogP contribution in [-0.4, -0.2) is 18.4 Å². The summed E-state index contributed by atoms with van der Waals surface area (Å²) in [7, 11) is 0. The zero-order valence-electron chi connectivity index (χ0n) is 9.07. The number of hydrogen-bond acceptors (Lipinski definition) is 2. The molecule has 16 heavy (non-hydrogen) atoms. The summed E-state index contributed by atoms with van der Waals surface area (Å²) in [5.74, 6) is -0.889. The molecule has 3 N–H and O–H groups in total. The normalized spacial score (nSPS) is 10.3. The third-order valence-corrected chi connectivity index (χ3v) is 2.04. The van der Waals surface area contributed by atoms with Crippen molar-refractivity contribution >= 4 is 17.9 Å². The number of nitrogens with two attached hydrogens (primary N) is 1. The molecule has 0 saturated heterocycles. The quantitative estimate of drug-likeness (QED) is 0.727. The Morgan fingerprint density at radius 1 is 1.38 bits per heavy atom. The van der Waals surface area contributed by atoms with Gasteiger partial charge in [0.05, 0.1) is 6.54 Å². The molecule has 0 aromatic heterocycles. The lowest BCUT2D eigenvalue weighted by Crippen LogP contribution is -2.32. The first-order valence-corrected chi connectivity index (χ1v) is 4.89. The van der Waals surface area contributed by atoms with E-state index in [1.165, 1.54) is 6.08 Å². The van der Waals surface area contributed by atoms with E-state index in [0.717, 1.165) is 11.1 Å². The lowest BCUT2D eigenvalue weighted by molar-refractivity contribution is -0.122. The summed E-state index contributed by atoms with van der Waals surface area (Å²) in [6.07, 6.45) is 3.08. The van der Waals surface area contributed by atoms with E-state index in [9.17, 15) is 9.59 Å². The molecule has 1 aromatic rings. The molecule has 2 amide bonds. The highest BCUT2D eigenvalue weighted by Crippen LogP contribution is 2.08. The maximum atomic E-state index is 11.2. The zero-order valence-corrected chi connectivity index (χ0v) is 9.07. The van der Waals surface area contributed by atoms with Crippen LogP contribution in [0.15, 0.2) is 30.3 Å². The number of benzene rings is 1.